The second kappa shape index (κ2) is 9.97. The first-order valence-electron chi connectivity index (χ1n) is 9.64. The number of hydrogen-bond acceptors (Lipinski definition) is 9. The fourth-order valence-electron chi connectivity index (χ4n) is 3.36. The summed E-state index contributed by atoms with van der Waals surface area (Å²) in [6.07, 6.45) is 0.327. The number of benzene rings is 1. The van der Waals surface area contributed by atoms with Crippen LogP contribution in [0.2, 0.25) is 0 Å². The molecule has 2 aliphatic heterocycles. The number of carbonyl (C=O) groups excluding carboxylic acids is 3. The molecule has 3 rings (SSSR count). The van der Waals surface area contributed by atoms with Crippen molar-refractivity contribution in [2.75, 3.05) is 33.2 Å². The van der Waals surface area contributed by atoms with Crippen LogP contribution in [-0.2, 0) is 23.9 Å². The van der Waals surface area contributed by atoms with E-state index in [9.17, 15) is 14.4 Å². The molecule has 1 aromatic rings. The van der Waals surface area contributed by atoms with Crippen molar-refractivity contribution in [3.05, 3.63) is 35.0 Å². The van der Waals surface area contributed by atoms with Crippen molar-refractivity contribution < 1.29 is 33.3 Å². The Morgan fingerprint density at radius 3 is 2.68 bits per heavy atom. The van der Waals surface area contributed by atoms with E-state index in [1.165, 1.54) is 37.8 Å². The van der Waals surface area contributed by atoms with Gasteiger partial charge in [-0.05, 0) is 24.6 Å². The molecule has 2 aliphatic rings. The van der Waals surface area contributed by atoms with Crippen molar-refractivity contribution >= 4 is 34.8 Å². The molecular formula is C21H24N2O7S. The number of rotatable bonds is 7. The lowest BCUT2D eigenvalue weighted by molar-refractivity contribution is -0.141. The van der Waals surface area contributed by atoms with Crippen molar-refractivity contribution in [1.29, 1.82) is 0 Å². The summed E-state index contributed by atoms with van der Waals surface area (Å²) < 4.78 is 20.9. The fourth-order valence-corrected chi connectivity index (χ4v) is 4.37. The van der Waals surface area contributed by atoms with Crippen molar-refractivity contribution in [1.82, 2.24) is 4.90 Å². The molecular weight excluding hydrogens is 424 g/mol. The van der Waals surface area contributed by atoms with Gasteiger partial charge in [-0.3, -0.25) is 14.5 Å². The topological polar surface area (TPSA) is 104 Å². The van der Waals surface area contributed by atoms with Gasteiger partial charge in [-0.1, -0.05) is 17.8 Å². The maximum absolute atomic E-state index is 13.0. The van der Waals surface area contributed by atoms with E-state index in [-0.39, 0.29) is 30.4 Å². The van der Waals surface area contributed by atoms with Gasteiger partial charge in [0.05, 0.1) is 31.0 Å². The zero-order valence-electron chi connectivity index (χ0n) is 17.8. The van der Waals surface area contributed by atoms with E-state index >= 15 is 0 Å². The van der Waals surface area contributed by atoms with E-state index in [0.717, 1.165) is 0 Å². The molecule has 0 aliphatic carbocycles. The molecule has 31 heavy (non-hydrogen) atoms. The number of amides is 1. The van der Waals surface area contributed by atoms with Gasteiger partial charge in [0, 0.05) is 26.2 Å². The Kier molecular flexibility index (Phi) is 7.34. The summed E-state index contributed by atoms with van der Waals surface area (Å²) in [7, 11) is 2.96. The van der Waals surface area contributed by atoms with Crippen LogP contribution in [0.15, 0.2) is 34.5 Å². The van der Waals surface area contributed by atoms with E-state index in [0.29, 0.717) is 34.4 Å². The van der Waals surface area contributed by atoms with Gasteiger partial charge in [0.25, 0.3) is 0 Å². The van der Waals surface area contributed by atoms with Crippen molar-refractivity contribution in [3.63, 3.8) is 0 Å². The first-order valence-corrected chi connectivity index (χ1v) is 10.6. The molecule has 1 fully saturated rings. The molecule has 0 radical (unpaired) electrons. The normalized spacial score (nSPS) is 18.3. The molecule has 0 unspecified atom stereocenters. The minimum absolute atomic E-state index is 0.0762. The zero-order valence-corrected chi connectivity index (χ0v) is 18.6. The van der Waals surface area contributed by atoms with Crippen LogP contribution in [0.5, 0.6) is 11.5 Å². The maximum Gasteiger partial charge on any atom is 0.338 e. The zero-order chi connectivity index (χ0) is 22.5. The lowest BCUT2D eigenvalue weighted by Crippen LogP contribution is -2.45. The Morgan fingerprint density at radius 2 is 2.00 bits per heavy atom. The van der Waals surface area contributed by atoms with E-state index in [2.05, 4.69) is 4.99 Å². The predicted molar refractivity (Wildman–Crippen MR) is 114 cm³/mol. The lowest BCUT2D eigenvalue weighted by Gasteiger charge is -2.39. The summed E-state index contributed by atoms with van der Waals surface area (Å²) in [5, 5.41) is 0.537. The summed E-state index contributed by atoms with van der Waals surface area (Å²) in [4.78, 5) is 43.2. The standard InChI is InChI=1S/C21H24N2O7S/c1-12-18(20(26)29-9-8-27-3)19(23-17(25)7-10-31-21(23)22-12)14-5-6-15(30-13(2)24)16(11-14)28-4/h5-6,11,19H,7-10H2,1-4H3/t19-/m0/s1. The van der Waals surface area contributed by atoms with Crippen molar-refractivity contribution in [2.24, 2.45) is 4.99 Å². The van der Waals surface area contributed by atoms with Gasteiger partial charge in [0.15, 0.2) is 16.7 Å². The average Bonchev–Trinajstić information content (AvgIpc) is 2.73. The first-order chi connectivity index (χ1) is 14.9. The highest BCUT2D eigenvalue weighted by molar-refractivity contribution is 8.14. The number of allylic oxidation sites excluding steroid dienone is 1. The average molecular weight is 448 g/mol. The number of methoxy groups -OCH3 is 2. The van der Waals surface area contributed by atoms with Gasteiger partial charge in [-0.15, -0.1) is 0 Å². The van der Waals surface area contributed by atoms with E-state index < -0.39 is 18.0 Å². The molecule has 0 N–H and O–H groups in total. The Morgan fingerprint density at radius 1 is 1.23 bits per heavy atom. The molecule has 9 nitrogen and oxygen atoms in total. The molecule has 1 aromatic carbocycles. The fraction of sp³-hybridized carbons (Fsp3) is 0.429. The van der Waals surface area contributed by atoms with Gasteiger partial charge in [0.1, 0.15) is 6.61 Å². The predicted octanol–water partition coefficient (Wildman–Crippen LogP) is 2.46. The van der Waals surface area contributed by atoms with Crippen LogP contribution in [0, 0.1) is 0 Å². The summed E-state index contributed by atoms with van der Waals surface area (Å²) in [6, 6.07) is 4.17. The molecule has 0 spiro atoms. The van der Waals surface area contributed by atoms with Crippen LogP contribution in [0.1, 0.15) is 31.9 Å². The number of nitrogens with zero attached hydrogens (tertiary/aromatic N) is 2. The third-order valence-corrected chi connectivity index (χ3v) is 5.66. The first kappa shape index (κ1) is 22.8. The molecule has 1 atom stereocenters. The third-order valence-electron chi connectivity index (χ3n) is 4.70. The highest BCUT2D eigenvalue weighted by atomic mass is 32.2. The minimum Gasteiger partial charge on any atom is -0.493 e. The Labute approximate surface area is 184 Å². The number of ether oxygens (including phenoxy) is 4. The Balaban J connectivity index is 2.08. The lowest BCUT2D eigenvalue weighted by atomic mass is 9.94. The van der Waals surface area contributed by atoms with Crippen LogP contribution in [-0.4, -0.2) is 61.1 Å². The van der Waals surface area contributed by atoms with Crippen LogP contribution in [0.3, 0.4) is 0 Å². The summed E-state index contributed by atoms with van der Waals surface area (Å²) in [6.45, 7) is 3.34. The molecule has 2 heterocycles. The number of thioether (sulfide) groups is 1. The number of esters is 2. The SMILES string of the molecule is COCCOC(=O)C1=C(C)N=C2SCCC(=O)N2[C@H]1c1ccc(OC(C)=O)c(OC)c1. The molecule has 0 saturated carbocycles. The molecule has 166 valence electrons. The minimum atomic E-state index is -0.747. The monoisotopic (exact) mass is 448 g/mol. The number of hydrogen-bond donors (Lipinski definition) is 0. The molecule has 1 saturated heterocycles. The van der Waals surface area contributed by atoms with Crippen molar-refractivity contribution in [3.8, 4) is 11.5 Å². The Hall–Kier alpha value is -2.85. The number of fused-ring (bicyclic) bond motifs is 1. The molecule has 1 amide bonds. The second-order valence-electron chi connectivity index (χ2n) is 6.79. The van der Waals surface area contributed by atoms with E-state index in [1.54, 1.807) is 25.1 Å². The highest BCUT2D eigenvalue weighted by Crippen LogP contribution is 2.42. The molecule has 0 aromatic heterocycles. The van der Waals surface area contributed by atoms with Gasteiger partial charge >= 0.3 is 11.9 Å². The number of carbonyl (C=O) groups is 3. The van der Waals surface area contributed by atoms with Gasteiger partial charge < -0.3 is 18.9 Å². The summed E-state index contributed by atoms with van der Waals surface area (Å²) in [5.74, 6) is -0.0320. The maximum atomic E-state index is 13.0. The van der Waals surface area contributed by atoms with Gasteiger partial charge in [-0.2, -0.15) is 0 Å². The van der Waals surface area contributed by atoms with Crippen LogP contribution in [0.25, 0.3) is 0 Å². The van der Waals surface area contributed by atoms with Crippen LogP contribution >= 0.6 is 11.8 Å². The van der Waals surface area contributed by atoms with Crippen LogP contribution in [0.4, 0.5) is 0 Å². The third kappa shape index (κ3) is 4.91. The van der Waals surface area contributed by atoms with E-state index in [1.807, 2.05) is 0 Å². The largest absolute Gasteiger partial charge is 0.493 e. The van der Waals surface area contributed by atoms with Gasteiger partial charge in [-0.25, -0.2) is 9.79 Å². The smallest absolute Gasteiger partial charge is 0.338 e. The number of amidine groups is 1. The quantitative estimate of drug-likeness (QED) is 0.356. The number of aliphatic imine (C=N–C) groups is 1. The van der Waals surface area contributed by atoms with Crippen molar-refractivity contribution in [2.45, 2.75) is 26.3 Å². The highest BCUT2D eigenvalue weighted by Gasteiger charge is 2.42. The molecule has 10 heteroatoms. The molecule has 0 bridgehead atoms. The second-order valence-corrected chi connectivity index (χ2v) is 7.85. The summed E-state index contributed by atoms with van der Waals surface area (Å²) >= 11 is 1.46. The summed E-state index contributed by atoms with van der Waals surface area (Å²) in [5.41, 5.74) is 1.34. The van der Waals surface area contributed by atoms with Crippen LogP contribution < -0.4 is 9.47 Å². The Bertz CT molecular complexity index is 957. The van der Waals surface area contributed by atoms with Gasteiger partial charge in [0.2, 0.25) is 5.91 Å². The van der Waals surface area contributed by atoms with E-state index in [4.69, 9.17) is 18.9 Å².